The number of ether oxygens (including phenoxy) is 1. The van der Waals surface area contributed by atoms with Crippen molar-refractivity contribution >= 4 is 11.6 Å². The van der Waals surface area contributed by atoms with Crippen molar-refractivity contribution in [1.82, 2.24) is 14.6 Å². The standard InChI is InChI=1S/C12H13N3O2/c1-2-17-12(16)9-5-6-11-13-10(8-3-4-8)7-15(11)14-9/h5-8H,2-4H2,1H3. The summed E-state index contributed by atoms with van der Waals surface area (Å²) in [5.41, 5.74) is 2.16. The number of hydrogen-bond donors (Lipinski definition) is 0. The molecule has 0 atom stereocenters. The molecule has 3 rings (SSSR count). The van der Waals surface area contributed by atoms with Crippen molar-refractivity contribution in [2.45, 2.75) is 25.7 Å². The van der Waals surface area contributed by atoms with Gasteiger partial charge in [0.1, 0.15) is 0 Å². The third-order valence-corrected chi connectivity index (χ3v) is 2.82. The summed E-state index contributed by atoms with van der Waals surface area (Å²) in [5, 5.41) is 4.20. The lowest BCUT2D eigenvalue weighted by Crippen LogP contribution is -2.09. The Morgan fingerprint density at radius 3 is 3.06 bits per heavy atom. The Balaban J connectivity index is 1.97. The molecule has 1 fully saturated rings. The molecule has 2 heterocycles. The summed E-state index contributed by atoms with van der Waals surface area (Å²) in [6, 6.07) is 3.45. The molecule has 0 aliphatic heterocycles. The fourth-order valence-corrected chi connectivity index (χ4v) is 1.79. The van der Waals surface area contributed by atoms with Crippen molar-refractivity contribution in [3.63, 3.8) is 0 Å². The number of nitrogens with zero attached hydrogens (tertiary/aromatic N) is 3. The molecule has 1 aliphatic rings. The highest BCUT2D eigenvalue weighted by Gasteiger charge is 2.26. The molecular weight excluding hydrogens is 218 g/mol. The number of carbonyl (C=O) groups excluding carboxylic acids is 1. The van der Waals surface area contributed by atoms with E-state index in [-0.39, 0.29) is 0 Å². The number of carbonyl (C=O) groups is 1. The minimum atomic E-state index is -0.393. The highest BCUT2D eigenvalue weighted by Crippen LogP contribution is 2.39. The average Bonchev–Trinajstić information content (AvgIpc) is 3.08. The number of rotatable bonds is 3. The molecule has 17 heavy (non-hydrogen) atoms. The summed E-state index contributed by atoms with van der Waals surface area (Å²) in [6.07, 6.45) is 4.30. The normalized spacial score (nSPS) is 15.1. The van der Waals surface area contributed by atoms with Crippen LogP contribution >= 0.6 is 0 Å². The molecule has 5 nitrogen and oxygen atoms in total. The number of fused-ring (bicyclic) bond motifs is 1. The van der Waals surface area contributed by atoms with E-state index in [1.165, 1.54) is 12.8 Å². The summed E-state index contributed by atoms with van der Waals surface area (Å²) in [4.78, 5) is 16.0. The van der Waals surface area contributed by atoms with Crippen LogP contribution in [0.15, 0.2) is 18.3 Å². The zero-order valence-corrected chi connectivity index (χ0v) is 9.59. The molecule has 0 spiro atoms. The average molecular weight is 231 g/mol. The summed E-state index contributed by atoms with van der Waals surface area (Å²) < 4.78 is 6.56. The molecule has 1 saturated carbocycles. The van der Waals surface area contributed by atoms with Crippen LogP contribution in [0.4, 0.5) is 0 Å². The quantitative estimate of drug-likeness (QED) is 0.755. The van der Waals surface area contributed by atoms with Gasteiger partial charge in [-0.15, -0.1) is 0 Å². The Kier molecular flexibility index (Phi) is 2.31. The molecule has 0 bridgehead atoms. The third-order valence-electron chi connectivity index (χ3n) is 2.82. The second kappa shape index (κ2) is 3.84. The van der Waals surface area contributed by atoms with E-state index in [1.54, 1.807) is 23.6 Å². The van der Waals surface area contributed by atoms with Gasteiger partial charge in [-0.25, -0.2) is 14.3 Å². The smallest absolute Gasteiger partial charge is 0.358 e. The van der Waals surface area contributed by atoms with Crippen LogP contribution < -0.4 is 0 Å². The zero-order valence-electron chi connectivity index (χ0n) is 9.59. The minimum Gasteiger partial charge on any atom is -0.461 e. The molecule has 0 radical (unpaired) electrons. The molecule has 5 heteroatoms. The predicted octanol–water partition coefficient (Wildman–Crippen LogP) is 1.78. The molecule has 0 saturated heterocycles. The van der Waals surface area contributed by atoms with Crippen molar-refractivity contribution in [3.8, 4) is 0 Å². The van der Waals surface area contributed by atoms with Crippen LogP contribution in [0.3, 0.4) is 0 Å². The van der Waals surface area contributed by atoms with E-state index in [1.807, 2.05) is 6.20 Å². The van der Waals surface area contributed by atoms with Gasteiger partial charge in [0.2, 0.25) is 0 Å². The maximum absolute atomic E-state index is 11.5. The highest BCUT2D eigenvalue weighted by molar-refractivity contribution is 5.87. The van der Waals surface area contributed by atoms with Gasteiger partial charge in [0.15, 0.2) is 11.3 Å². The molecule has 0 aromatic carbocycles. The van der Waals surface area contributed by atoms with E-state index in [4.69, 9.17) is 4.74 Å². The van der Waals surface area contributed by atoms with E-state index in [9.17, 15) is 4.79 Å². The van der Waals surface area contributed by atoms with Crippen LogP contribution in [0.5, 0.6) is 0 Å². The minimum absolute atomic E-state index is 0.319. The van der Waals surface area contributed by atoms with Crippen LogP contribution in [0.2, 0.25) is 0 Å². The van der Waals surface area contributed by atoms with E-state index in [2.05, 4.69) is 10.1 Å². The van der Waals surface area contributed by atoms with Gasteiger partial charge in [0, 0.05) is 5.92 Å². The van der Waals surface area contributed by atoms with Gasteiger partial charge in [-0.05, 0) is 31.9 Å². The Morgan fingerprint density at radius 1 is 1.53 bits per heavy atom. The molecule has 2 aromatic heterocycles. The van der Waals surface area contributed by atoms with Crippen LogP contribution in [-0.4, -0.2) is 27.2 Å². The number of esters is 1. The van der Waals surface area contributed by atoms with Gasteiger partial charge in [-0.2, -0.15) is 5.10 Å². The lowest BCUT2D eigenvalue weighted by Gasteiger charge is -2.00. The van der Waals surface area contributed by atoms with Crippen molar-refractivity contribution in [1.29, 1.82) is 0 Å². The monoisotopic (exact) mass is 231 g/mol. The number of hydrogen-bond acceptors (Lipinski definition) is 4. The Labute approximate surface area is 98.4 Å². The topological polar surface area (TPSA) is 56.5 Å². The van der Waals surface area contributed by atoms with Gasteiger partial charge in [-0.1, -0.05) is 0 Å². The van der Waals surface area contributed by atoms with Crippen LogP contribution in [-0.2, 0) is 4.74 Å². The van der Waals surface area contributed by atoms with E-state index in [0.29, 0.717) is 18.2 Å². The van der Waals surface area contributed by atoms with Crippen LogP contribution in [0, 0.1) is 0 Å². The predicted molar refractivity (Wildman–Crippen MR) is 60.9 cm³/mol. The molecule has 2 aromatic rings. The fraction of sp³-hybridized carbons (Fsp3) is 0.417. The maximum Gasteiger partial charge on any atom is 0.358 e. The fourth-order valence-electron chi connectivity index (χ4n) is 1.79. The first-order chi connectivity index (χ1) is 8.28. The SMILES string of the molecule is CCOC(=O)c1ccc2nc(C3CC3)cn2n1. The van der Waals surface area contributed by atoms with Gasteiger partial charge < -0.3 is 4.74 Å². The lowest BCUT2D eigenvalue weighted by atomic mass is 10.3. The lowest BCUT2D eigenvalue weighted by molar-refractivity contribution is 0.0517. The zero-order chi connectivity index (χ0) is 11.8. The second-order valence-electron chi connectivity index (χ2n) is 4.18. The Morgan fingerprint density at radius 2 is 2.35 bits per heavy atom. The van der Waals surface area contributed by atoms with Gasteiger partial charge in [0.05, 0.1) is 18.5 Å². The largest absolute Gasteiger partial charge is 0.461 e. The van der Waals surface area contributed by atoms with Gasteiger partial charge >= 0.3 is 5.97 Å². The molecule has 1 aliphatic carbocycles. The highest BCUT2D eigenvalue weighted by atomic mass is 16.5. The van der Waals surface area contributed by atoms with Gasteiger partial charge in [-0.3, -0.25) is 0 Å². The number of imidazole rings is 1. The van der Waals surface area contributed by atoms with Crippen molar-refractivity contribution in [2.24, 2.45) is 0 Å². The van der Waals surface area contributed by atoms with E-state index < -0.39 is 5.97 Å². The summed E-state index contributed by atoms with van der Waals surface area (Å²) in [7, 11) is 0. The summed E-state index contributed by atoms with van der Waals surface area (Å²) >= 11 is 0. The summed E-state index contributed by atoms with van der Waals surface area (Å²) in [6.45, 7) is 2.13. The number of aromatic nitrogens is 3. The van der Waals surface area contributed by atoms with Crippen molar-refractivity contribution < 1.29 is 9.53 Å². The Hall–Kier alpha value is -1.91. The van der Waals surface area contributed by atoms with Crippen molar-refractivity contribution in [2.75, 3.05) is 6.61 Å². The van der Waals surface area contributed by atoms with E-state index >= 15 is 0 Å². The first-order valence-corrected chi connectivity index (χ1v) is 5.81. The van der Waals surface area contributed by atoms with Crippen LogP contribution in [0.1, 0.15) is 41.9 Å². The second-order valence-corrected chi connectivity index (χ2v) is 4.18. The molecule has 0 N–H and O–H groups in total. The Bertz CT molecular complexity index is 572. The van der Waals surface area contributed by atoms with Crippen LogP contribution in [0.25, 0.3) is 5.65 Å². The third kappa shape index (κ3) is 1.88. The molecule has 0 amide bonds. The first kappa shape index (κ1) is 10.3. The van der Waals surface area contributed by atoms with E-state index in [0.717, 1.165) is 11.3 Å². The maximum atomic E-state index is 11.5. The molecule has 88 valence electrons. The summed E-state index contributed by atoms with van der Waals surface area (Å²) in [5.74, 6) is 0.193. The van der Waals surface area contributed by atoms with Crippen molar-refractivity contribution in [3.05, 3.63) is 29.7 Å². The first-order valence-electron chi connectivity index (χ1n) is 5.81. The van der Waals surface area contributed by atoms with Gasteiger partial charge in [0.25, 0.3) is 0 Å². The molecular formula is C12H13N3O2. The molecule has 0 unspecified atom stereocenters.